The van der Waals surface area contributed by atoms with Crippen LogP contribution < -0.4 is 5.32 Å². The number of nitrogens with zero attached hydrogens (tertiary/aromatic N) is 3. The molecule has 0 unspecified atom stereocenters. The first-order valence-electron chi connectivity index (χ1n) is 6.22. The molecule has 0 radical (unpaired) electrons. The average Bonchev–Trinajstić information content (AvgIpc) is 2.53. The largest absolute Gasteiger partial charge is 0.345 e. The number of carbonyl (C=O) groups is 1. The number of pyridine rings is 1. The van der Waals surface area contributed by atoms with E-state index in [2.05, 4.69) is 20.3 Å². The molecule has 20 heavy (non-hydrogen) atoms. The smallest absolute Gasteiger partial charge is 0.270 e. The third-order valence-electron chi connectivity index (χ3n) is 2.88. The van der Waals surface area contributed by atoms with Crippen LogP contribution in [0, 0.1) is 0 Å². The van der Waals surface area contributed by atoms with E-state index in [9.17, 15) is 4.79 Å². The molecule has 2 aromatic heterocycles. The zero-order chi connectivity index (χ0) is 13.8. The average molecular weight is 264 g/mol. The maximum Gasteiger partial charge on any atom is 0.270 e. The molecule has 0 aliphatic heterocycles. The SMILES string of the molecule is O=C(NCc1cnccn1)c1ccc2ccccc2n1. The number of carbonyl (C=O) groups excluding carboxylic acids is 1. The lowest BCUT2D eigenvalue weighted by molar-refractivity contribution is 0.0946. The Labute approximate surface area is 115 Å². The van der Waals surface area contributed by atoms with Crippen molar-refractivity contribution < 1.29 is 4.79 Å². The van der Waals surface area contributed by atoms with Crippen molar-refractivity contribution in [3.8, 4) is 0 Å². The van der Waals surface area contributed by atoms with Crippen LogP contribution in [0.1, 0.15) is 16.2 Å². The first-order chi connectivity index (χ1) is 9.83. The summed E-state index contributed by atoms with van der Waals surface area (Å²) in [6.07, 6.45) is 4.81. The minimum Gasteiger partial charge on any atom is -0.345 e. The number of para-hydroxylation sites is 1. The fourth-order valence-corrected chi connectivity index (χ4v) is 1.88. The van der Waals surface area contributed by atoms with Crippen molar-refractivity contribution in [2.24, 2.45) is 0 Å². The second kappa shape index (κ2) is 5.44. The van der Waals surface area contributed by atoms with Gasteiger partial charge in [0.2, 0.25) is 0 Å². The summed E-state index contributed by atoms with van der Waals surface area (Å²) in [6.45, 7) is 0.335. The van der Waals surface area contributed by atoms with Gasteiger partial charge >= 0.3 is 0 Å². The van der Waals surface area contributed by atoms with Gasteiger partial charge in [0.05, 0.1) is 24.0 Å². The molecule has 1 amide bonds. The molecule has 0 bridgehead atoms. The van der Waals surface area contributed by atoms with E-state index in [4.69, 9.17) is 0 Å². The van der Waals surface area contributed by atoms with Crippen LogP contribution in [-0.2, 0) is 6.54 Å². The van der Waals surface area contributed by atoms with Crippen molar-refractivity contribution in [3.63, 3.8) is 0 Å². The molecule has 2 heterocycles. The highest BCUT2D eigenvalue weighted by atomic mass is 16.1. The summed E-state index contributed by atoms with van der Waals surface area (Å²) in [4.78, 5) is 24.4. The number of hydrogen-bond donors (Lipinski definition) is 1. The summed E-state index contributed by atoms with van der Waals surface area (Å²) in [5.41, 5.74) is 1.91. The number of nitrogens with one attached hydrogen (secondary N) is 1. The molecule has 3 aromatic rings. The summed E-state index contributed by atoms with van der Waals surface area (Å²) in [5, 5.41) is 3.79. The van der Waals surface area contributed by atoms with Crippen molar-refractivity contribution in [1.29, 1.82) is 0 Å². The molecular formula is C15H12N4O. The van der Waals surface area contributed by atoms with Gasteiger partial charge in [-0.2, -0.15) is 0 Å². The van der Waals surface area contributed by atoms with Crippen LogP contribution in [0.15, 0.2) is 55.0 Å². The minimum absolute atomic E-state index is 0.221. The predicted molar refractivity (Wildman–Crippen MR) is 74.9 cm³/mol. The van der Waals surface area contributed by atoms with Gasteiger partial charge in [0.25, 0.3) is 5.91 Å². The van der Waals surface area contributed by atoms with E-state index >= 15 is 0 Å². The lowest BCUT2D eigenvalue weighted by Gasteiger charge is -2.05. The van der Waals surface area contributed by atoms with Gasteiger partial charge in [0.15, 0.2) is 0 Å². The van der Waals surface area contributed by atoms with Crippen LogP contribution in [0.3, 0.4) is 0 Å². The second-order valence-electron chi connectivity index (χ2n) is 4.27. The van der Waals surface area contributed by atoms with E-state index in [1.54, 1.807) is 24.7 Å². The number of amides is 1. The zero-order valence-electron chi connectivity index (χ0n) is 10.7. The summed E-state index contributed by atoms with van der Waals surface area (Å²) in [7, 11) is 0. The van der Waals surface area contributed by atoms with Crippen LogP contribution in [0.2, 0.25) is 0 Å². The fraction of sp³-hybridized carbons (Fsp3) is 0.0667. The lowest BCUT2D eigenvalue weighted by Crippen LogP contribution is -2.24. The van der Waals surface area contributed by atoms with Gasteiger partial charge in [-0.3, -0.25) is 14.8 Å². The third kappa shape index (κ3) is 2.61. The molecule has 1 N–H and O–H groups in total. The van der Waals surface area contributed by atoms with E-state index in [0.29, 0.717) is 17.9 Å². The van der Waals surface area contributed by atoms with Gasteiger partial charge in [0, 0.05) is 17.8 Å². The molecule has 0 atom stereocenters. The van der Waals surface area contributed by atoms with Crippen LogP contribution in [0.4, 0.5) is 0 Å². The molecule has 1 aromatic carbocycles. The van der Waals surface area contributed by atoms with Crippen molar-refractivity contribution in [2.75, 3.05) is 0 Å². The molecule has 0 spiro atoms. The van der Waals surface area contributed by atoms with Gasteiger partial charge in [-0.25, -0.2) is 4.98 Å². The Bertz CT molecular complexity index is 743. The molecule has 0 fully saturated rings. The molecular weight excluding hydrogens is 252 g/mol. The highest BCUT2D eigenvalue weighted by molar-refractivity contribution is 5.94. The predicted octanol–water partition coefficient (Wildman–Crippen LogP) is 1.95. The van der Waals surface area contributed by atoms with Gasteiger partial charge in [-0.15, -0.1) is 0 Å². The Morgan fingerprint density at radius 2 is 2.00 bits per heavy atom. The van der Waals surface area contributed by atoms with E-state index in [-0.39, 0.29) is 5.91 Å². The van der Waals surface area contributed by atoms with E-state index in [1.807, 2.05) is 30.3 Å². The Hall–Kier alpha value is -2.82. The number of rotatable bonds is 3. The van der Waals surface area contributed by atoms with Crippen LogP contribution >= 0.6 is 0 Å². The van der Waals surface area contributed by atoms with Gasteiger partial charge in [-0.1, -0.05) is 24.3 Å². The molecule has 0 aliphatic carbocycles. The fourth-order valence-electron chi connectivity index (χ4n) is 1.88. The summed E-state index contributed by atoms with van der Waals surface area (Å²) >= 11 is 0. The van der Waals surface area contributed by atoms with Crippen molar-refractivity contribution in [2.45, 2.75) is 6.54 Å². The molecule has 3 rings (SSSR count). The Kier molecular flexibility index (Phi) is 3.33. The van der Waals surface area contributed by atoms with E-state index in [0.717, 1.165) is 10.9 Å². The molecule has 5 nitrogen and oxygen atoms in total. The van der Waals surface area contributed by atoms with Gasteiger partial charge in [-0.05, 0) is 12.1 Å². The molecule has 5 heteroatoms. The molecule has 0 saturated carbocycles. The van der Waals surface area contributed by atoms with Gasteiger partial charge < -0.3 is 5.32 Å². The molecule has 98 valence electrons. The van der Waals surface area contributed by atoms with Crippen LogP contribution in [0.25, 0.3) is 10.9 Å². The summed E-state index contributed by atoms with van der Waals surface area (Å²) in [5.74, 6) is -0.221. The number of fused-ring (bicyclic) bond motifs is 1. The van der Waals surface area contributed by atoms with Crippen molar-refractivity contribution in [3.05, 3.63) is 66.4 Å². The highest BCUT2D eigenvalue weighted by Crippen LogP contribution is 2.11. The standard InChI is InChI=1S/C15H12N4O/c20-15(18-10-12-9-16-7-8-17-12)14-6-5-11-3-1-2-4-13(11)19-14/h1-9H,10H2,(H,18,20). The number of aromatic nitrogens is 3. The third-order valence-corrected chi connectivity index (χ3v) is 2.88. The summed E-state index contributed by atoms with van der Waals surface area (Å²) < 4.78 is 0. The van der Waals surface area contributed by atoms with Crippen LogP contribution in [0.5, 0.6) is 0 Å². The first kappa shape index (κ1) is 12.2. The normalized spacial score (nSPS) is 10.4. The van der Waals surface area contributed by atoms with Crippen molar-refractivity contribution >= 4 is 16.8 Å². The van der Waals surface area contributed by atoms with E-state index < -0.39 is 0 Å². The lowest BCUT2D eigenvalue weighted by atomic mass is 10.2. The maximum absolute atomic E-state index is 12.0. The second-order valence-corrected chi connectivity index (χ2v) is 4.27. The van der Waals surface area contributed by atoms with Gasteiger partial charge in [0.1, 0.15) is 5.69 Å². The van der Waals surface area contributed by atoms with E-state index in [1.165, 1.54) is 0 Å². The molecule has 0 saturated heterocycles. The Balaban J connectivity index is 1.75. The zero-order valence-corrected chi connectivity index (χ0v) is 10.7. The Morgan fingerprint density at radius 3 is 2.85 bits per heavy atom. The highest BCUT2D eigenvalue weighted by Gasteiger charge is 2.08. The van der Waals surface area contributed by atoms with Crippen LogP contribution in [-0.4, -0.2) is 20.9 Å². The summed E-state index contributed by atoms with van der Waals surface area (Å²) in [6, 6.07) is 11.3. The first-order valence-corrected chi connectivity index (χ1v) is 6.22. The minimum atomic E-state index is -0.221. The molecule has 0 aliphatic rings. The Morgan fingerprint density at radius 1 is 1.10 bits per heavy atom. The quantitative estimate of drug-likeness (QED) is 0.785. The topological polar surface area (TPSA) is 67.8 Å². The van der Waals surface area contributed by atoms with Crippen molar-refractivity contribution in [1.82, 2.24) is 20.3 Å². The number of benzene rings is 1. The number of hydrogen-bond acceptors (Lipinski definition) is 4. The maximum atomic E-state index is 12.0. The monoisotopic (exact) mass is 264 g/mol.